The van der Waals surface area contributed by atoms with E-state index in [4.69, 9.17) is 9.97 Å². The molecule has 132 valence electrons. The largest absolute Gasteiger partial charge is 0.293 e. The zero-order valence-electron chi connectivity index (χ0n) is 14.8. The molecule has 1 aliphatic rings. The van der Waals surface area contributed by atoms with Gasteiger partial charge in [-0.1, -0.05) is 12.1 Å². The molecular formula is C21H18N6. The number of pyridine rings is 1. The van der Waals surface area contributed by atoms with Crippen LogP contribution in [0.2, 0.25) is 0 Å². The van der Waals surface area contributed by atoms with E-state index in [2.05, 4.69) is 19.9 Å². The second-order valence-electron chi connectivity index (χ2n) is 6.71. The SMILES string of the molecule is c1ccc2nc(CN3CCc4nc(-c5ccncc5)ncc4C3)cnc2c1. The summed E-state index contributed by atoms with van der Waals surface area (Å²) in [5.41, 5.74) is 6.19. The quantitative estimate of drug-likeness (QED) is 0.563. The van der Waals surface area contributed by atoms with Crippen molar-refractivity contribution in [2.45, 2.75) is 19.5 Å². The summed E-state index contributed by atoms with van der Waals surface area (Å²) in [6, 6.07) is 11.9. The molecule has 0 amide bonds. The van der Waals surface area contributed by atoms with Crippen molar-refractivity contribution in [3.63, 3.8) is 0 Å². The minimum Gasteiger partial charge on any atom is -0.293 e. The fourth-order valence-electron chi connectivity index (χ4n) is 3.45. The number of hydrogen-bond donors (Lipinski definition) is 0. The lowest BCUT2D eigenvalue weighted by atomic mass is 10.1. The van der Waals surface area contributed by atoms with E-state index in [0.29, 0.717) is 0 Å². The molecule has 0 radical (unpaired) electrons. The first-order valence-electron chi connectivity index (χ1n) is 9.03. The van der Waals surface area contributed by atoms with E-state index in [1.165, 1.54) is 5.56 Å². The molecule has 0 saturated carbocycles. The summed E-state index contributed by atoms with van der Waals surface area (Å²) in [6.07, 6.45) is 8.28. The minimum atomic E-state index is 0.769. The van der Waals surface area contributed by atoms with Crippen molar-refractivity contribution in [1.82, 2.24) is 29.8 Å². The fourth-order valence-corrected chi connectivity index (χ4v) is 3.45. The van der Waals surface area contributed by atoms with Crippen molar-refractivity contribution in [3.8, 4) is 11.4 Å². The van der Waals surface area contributed by atoms with Gasteiger partial charge in [0.15, 0.2) is 5.82 Å². The highest BCUT2D eigenvalue weighted by atomic mass is 15.1. The Morgan fingerprint density at radius 2 is 1.74 bits per heavy atom. The van der Waals surface area contributed by atoms with Gasteiger partial charge in [0.1, 0.15) is 0 Å². The zero-order chi connectivity index (χ0) is 18.1. The molecule has 0 bridgehead atoms. The van der Waals surface area contributed by atoms with Crippen LogP contribution in [0.25, 0.3) is 22.4 Å². The monoisotopic (exact) mass is 354 g/mol. The van der Waals surface area contributed by atoms with Crippen molar-refractivity contribution in [3.05, 3.63) is 78.1 Å². The second-order valence-corrected chi connectivity index (χ2v) is 6.71. The third-order valence-corrected chi connectivity index (χ3v) is 4.84. The molecule has 3 aromatic heterocycles. The Bertz CT molecular complexity index is 1100. The van der Waals surface area contributed by atoms with Crippen molar-refractivity contribution >= 4 is 11.0 Å². The van der Waals surface area contributed by atoms with Crippen LogP contribution in [0.4, 0.5) is 0 Å². The molecule has 4 aromatic rings. The van der Waals surface area contributed by atoms with E-state index in [0.717, 1.165) is 59.9 Å². The predicted molar refractivity (Wildman–Crippen MR) is 103 cm³/mol. The van der Waals surface area contributed by atoms with Crippen LogP contribution < -0.4 is 0 Å². The molecular weight excluding hydrogens is 336 g/mol. The summed E-state index contributed by atoms with van der Waals surface area (Å²) >= 11 is 0. The molecule has 0 atom stereocenters. The van der Waals surface area contributed by atoms with Crippen LogP contribution in [0.3, 0.4) is 0 Å². The number of aromatic nitrogens is 5. The highest BCUT2D eigenvalue weighted by Gasteiger charge is 2.19. The smallest absolute Gasteiger partial charge is 0.159 e. The number of benzene rings is 1. The summed E-state index contributed by atoms with van der Waals surface area (Å²) in [7, 11) is 0. The Kier molecular flexibility index (Phi) is 4.03. The summed E-state index contributed by atoms with van der Waals surface area (Å²) in [6.45, 7) is 2.57. The van der Waals surface area contributed by atoms with Crippen molar-refractivity contribution in [2.24, 2.45) is 0 Å². The molecule has 0 saturated heterocycles. The molecule has 4 heterocycles. The number of para-hydroxylation sites is 2. The second kappa shape index (κ2) is 6.81. The van der Waals surface area contributed by atoms with Crippen LogP contribution in [0.15, 0.2) is 61.2 Å². The Hall–Kier alpha value is -3.25. The summed E-state index contributed by atoms with van der Waals surface area (Å²) in [5.74, 6) is 0.769. The number of hydrogen-bond acceptors (Lipinski definition) is 6. The molecule has 0 spiro atoms. The van der Waals surface area contributed by atoms with Gasteiger partial charge in [-0.3, -0.25) is 14.9 Å². The highest BCUT2D eigenvalue weighted by Crippen LogP contribution is 2.21. The summed E-state index contributed by atoms with van der Waals surface area (Å²) < 4.78 is 0. The zero-order valence-corrected chi connectivity index (χ0v) is 14.8. The van der Waals surface area contributed by atoms with Crippen LogP contribution in [0, 0.1) is 0 Å². The Balaban J connectivity index is 1.34. The number of rotatable bonds is 3. The van der Waals surface area contributed by atoms with Gasteiger partial charge in [0.25, 0.3) is 0 Å². The predicted octanol–water partition coefficient (Wildman–Crippen LogP) is 3.04. The topological polar surface area (TPSA) is 67.7 Å². The lowest BCUT2D eigenvalue weighted by Crippen LogP contribution is -2.31. The molecule has 0 aliphatic carbocycles. The Labute approximate surface area is 157 Å². The van der Waals surface area contributed by atoms with Crippen LogP contribution >= 0.6 is 0 Å². The van der Waals surface area contributed by atoms with E-state index in [1.54, 1.807) is 12.4 Å². The van der Waals surface area contributed by atoms with E-state index in [-0.39, 0.29) is 0 Å². The Morgan fingerprint density at radius 1 is 0.889 bits per heavy atom. The average molecular weight is 354 g/mol. The Morgan fingerprint density at radius 3 is 2.63 bits per heavy atom. The standard InChI is InChI=1S/C21H18N6/c1-2-4-20-19(3-1)23-12-17(25-20)14-27-10-7-18-16(13-27)11-24-21(26-18)15-5-8-22-9-6-15/h1-6,8-9,11-12H,7,10,13-14H2. The van der Waals surface area contributed by atoms with Crippen molar-refractivity contribution < 1.29 is 0 Å². The number of fused-ring (bicyclic) bond motifs is 2. The van der Waals surface area contributed by atoms with Gasteiger partial charge < -0.3 is 0 Å². The molecule has 0 N–H and O–H groups in total. The van der Waals surface area contributed by atoms with Crippen LogP contribution in [-0.2, 0) is 19.5 Å². The summed E-state index contributed by atoms with van der Waals surface area (Å²) in [4.78, 5) is 25.0. The molecule has 1 aromatic carbocycles. The lowest BCUT2D eigenvalue weighted by Gasteiger charge is -2.27. The van der Waals surface area contributed by atoms with E-state index >= 15 is 0 Å². The average Bonchev–Trinajstić information content (AvgIpc) is 2.74. The van der Waals surface area contributed by atoms with Gasteiger partial charge in [-0.2, -0.15) is 0 Å². The molecule has 0 unspecified atom stereocenters. The van der Waals surface area contributed by atoms with Gasteiger partial charge in [-0.05, 0) is 24.3 Å². The van der Waals surface area contributed by atoms with Gasteiger partial charge in [0.05, 0.1) is 28.6 Å². The third-order valence-electron chi connectivity index (χ3n) is 4.84. The first-order chi connectivity index (χ1) is 13.3. The minimum absolute atomic E-state index is 0.769. The normalized spacial score (nSPS) is 14.2. The maximum Gasteiger partial charge on any atom is 0.159 e. The first-order valence-corrected chi connectivity index (χ1v) is 9.03. The highest BCUT2D eigenvalue weighted by molar-refractivity contribution is 5.73. The van der Waals surface area contributed by atoms with Crippen molar-refractivity contribution in [1.29, 1.82) is 0 Å². The van der Waals surface area contributed by atoms with Crippen LogP contribution in [0.5, 0.6) is 0 Å². The van der Waals surface area contributed by atoms with Gasteiger partial charge in [-0.15, -0.1) is 0 Å². The molecule has 0 fully saturated rings. The lowest BCUT2D eigenvalue weighted by molar-refractivity contribution is 0.240. The van der Waals surface area contributed by atoms with Gasteiger partial charge >= 0.3 is 0 Å². The van der Waals surface area contributed by atoms with Gasteiger partial charge in [-0.25, -0.2) is 15.0 Å². The van der Waals surface area contributed by atoms with Crippen molar-refractivity contribution in [2.75, 3.05) is 6.54 Å². The molecule has 27 heavy (non-hydrogen) atoms. The van der Waals surface area contributed by atoms with Crippen LogP contribution in [0.1, 0.15) is 17.0 Å². The fraction of sp³-hybridized carbons (Fsp3) is 0.190. The van der Waals surface area contributed by atoms with Gasteiger partial charge in [0, 0.05) is 55.8 Å². The van der Waals surface area contributed by atoms with E-state index in [1.807, 2.05) is 48.8 Å². The molecule has 6 nitrogen and oxygen atoms in total. The third kappa shape index (κ3) is 3.27. The maximum absolute atomic E-state index is 4.77. The van der Waals surface area contributed by atoms with Crippen LogP contribution in [-0.4, -0.2) is 36.4 Å². The molecule has 6 heteroatoms. The van der Waals surface area contributed by atoms with Gasteiger partial charge in [0.2, 0.25) is 0 Å². The maximum atomic E-state index is 4.77. The molecule has 5 rings (SSSR count). The van der Waals surface area contributed by atoms with E-state index < -0.39 is 0 Å². The van der Waals surface area contributed by atoms with E-state index in [9.17, 15) is 0 Å². The first kappa shape index (κ1) is 16.0. The number of nitrogens with zero attached hydrogens (tertiary/aromatic N) is 6. The molecule has 1 aliphatic heterocycles. The summed E-state index contributed by atoms with van der Waals surface area (Å²) in [5, 5.41) is 0.